The van der Waals surface area contributed by atoms with Gasteiger partial charge in [-0.1, -0.05) is 6.07 Å². The van der Waals surface area contributed by atoms with E-state index < -0.39 is 12.3 Å². The third-order valence-electron chi connectivity index (χ3n) is 5.22. The molecule has 0 saturated carbocycles. The lowest BCUT2D eigenvalue weighted by Crippen LogP contribution is -2.12. The smallest absolute Gasteiger partial charge is 0.280 e. The predicted molar refractivity (Wildman–Crippen MR) is 140 cm³/mol. The van der Waals surface area contributed by atoms with Crippen molar-refractivity contribution in [3.63, 3.8) is 0 Å². The van der Waals surface area contributed by atoms with E-state index in [1.165, 1.54) is 13.2 Å². The van der Waals surface area contributed by atoms with Crippen LogP contribution >= 0.6 is 0 Å². The Bertz CT molecular complexity index is 1380. The average molecular weight is 521 g/mol. The number of pyridine rings is 2. The fourth-order valence-electron chi connectivity index (χ4n) is 3.28. The van der Waals surface area contributed by atoms with Gasteiger partial charge in [0, 0.05) is 43.4 Å². The minimum absolute atomic E-state index is 0.182. The first-order valence-corrected chi connectivity index (χ1v) is 11.4. The molecule has 0 fully saturated rings. The third-order valence-corrected chi connectivity index (χ3v) is 5.22. The van der Waals surface area contributed by atoms with Gasteiger partial charge in [-0.2, -0.15) is 0 Å². The first-order chi connectivity index (χ1) is 18.4. The number of methoxy groups -OCH3 is 1. The van der Waals surface area contributed by atoms with Gasteiger partial charge in [0.05, 0.1) is 29.3 Å². The average Bonchev–Trinajstić information content (AvgIpc) is 2.95. The van der Waals surface area contributed by atoms with Crippen molar-refractivity contribution >= 4 is 23.7 Å². The van der Waals surface area contributed by atoms with E-state index in [0.29, 0.717) is 23.4 Å². The maximum atomic E-state index is 12.7. The zero-order valence-electron chi connectivity index (χ0n) is 21.0. The molecule has 3 heterocycles. The molecule has 3 aromatic heterocycles. The van der Waals surface area contributed by atoms with E-state index in [1.807, 2.05) is 25.1 Å². The molecule has 0 saturated heterocycles. The highest BCUT2D eigenvalue weighted by molar-refractivity contribution is 6.04. The summed E-state index contributed by atoms with van der Waals surface area (Å²) >= 11 is 0. The molecule has 0 radical (unpaired) electrons. The zero-order valence-corrected chi connectivity index (χ0v) is 21.0. The van der Waals surface area contributed by atoms with Crippen molar-refractivity contribution in [3.8, 4) is 22.5 Å². The SMILES string of the molecule is CNc1cc(-c2cncc(-c3cc(NC(=O)c4ccc(C(F)F)nc4)ccc3C)n2)ccn1.COCC=O. The van der Waals surface area contributed by atoms with Gasteiger partial charge in [0.25, 0.3) is 12.3 Å². The lowest BCUT2D eigenvalue weighted by Gasteiger charge is -2.11. The van der Waals surface area contributed by atoms with Crippen molar-refractivity contribution in [2.24, 2.45) is 0 Å². The summed E-state index contributed by atoms with van der Waals surface area (Å²) in [6.45, 7) is 2.15. The second-order valence-electron chi connectivity index (χ2n) is 7.85. The fraction of sp³-hybridized carbons (Fsp3) is 0.185. The number of rotatable bonds is 8. The van der Waals surface area contributed by atoms with E-state index in [0.717, 1.165) is 34.8 Å². The van der Waals surface area contributed by atoms with Crippen molar-refractivity contribution < 1.29 is 23.1 Å². The number of amides is 1. The lowest BCUT2D eigenvalue weighted by molar-refractivity contribution is -0.110. The molecule has 38 heavy (non-hydrogen) atoms. The van der Waals surface area contributed by atoms with Crippen LogP contribution in [-0.4, -0.2) is 52.9 Å². The topological polar surface area (TPSA) is 119 Å². The van der Waals surface area contributed by atoms with E-state index >= 15 is 0 Å². The Morgan fingerprint density at radius 2 is 1.84 bits per heavy atom. The molecule has 9 nitrogen and oxygen atoms in total. The number of nitrogens with one attached hydrogen (secondary N) is 2. The quantitative estimate of drug-likeness (QED) is 0.313. The van der Waals surface area contributed by atoms with Crippen LogP contribution in [0.25, 0.3) is 22.5 Å². The molecule has 1 aromatic carbocycles. The van der Waals surface area contributed by atoms with Gasteiger partial charge in [-0.05, 0) is 48.9 Å². The van der Waals surface area contributed by atoms with Gasteiger partial charge < -0.3 is 20.2 Å². The fourth-order valence-corrected chi connectivity index (χ4v) is 3.28. The highest BCUT2D eigenvalue weighted by Crippen LogP contribution is 2.27. The molecular weight excluding hydrogens is 494 g/mol. The van der Waals surface area contributed by atoms with Crippen LogP contribution in [0, 0.1) is 6.92 Å². The minimum atomic E-state index is -2.68. The number of ether oxygens (including phenoxy) is 1. The maximum Gasteiger partial charge on any atom is 0.280 e. The first-order valence-electron chi connectivity index (χ1n) is 11.4. The van der Waals surface area contributed by atoms with Crippen molar-refractivity contribution in [1.29, 1.82) is 0 Å². The normalized spacial score (nSPS) is 10.4. The van der Waals surface area contributed by atoms with Crippen LogP contribution in [0.2, 0.25) is 0 Å². The van der Waals surface area contributed by atoms with Gasteiger partial charge >= 0.3 is 0 Å². The second-order valence-corrected chi connectivity index (χ2v) is 7.85. The van der Waals surface area contributed by atoms with Gasteiger partial charge in [0.15, 0.2) is 0 Å². The van der Waals surface area contributed by atoms with Gasteiger partial charge in [-0.3, -0.25) is 14.8 Å². The number of halogens is 2. The molecule has 1 amide bonds. The number of aromatic nitrogens is 4. The Hall–Kier alpha value is -4.64. The second kappa shape index (κ2) is 13.6. The highest BCUT2D eigenvalue weighted by atomic mass is 19.3. The van der Waals surface area contributed by atoms with E-state index in [2.05, 4.69) is 30.3 Å². The number of carbonyl (C=O) groups is 2. The van der Waals surface area contributed by atoms with Crippen LogP contribution in [0.3, 0.4) is 0 Å². The number of carbonyl (C=O) groups excluding carboxylic acids is 2. The number of nitrogens with zero attached hydrogens (tertiary/aromatic N) is 4. The van der Waals surface area contributed by atoms with Crippen molar-refractivity contribution in [2.75, 3.05) is 31.4 Å². The largest absolute Gasteiger partial charge is 0.377 e. The maximum absolute atomic E-state index is 12.7. The number of hydrogen-bond donors (Lipinski definition) is 2. The molecule has 2 N–H and O–H groups in total. The van der Waals surface area contributed by atoms with Gasteiger partial charge in [-0.15, -0.1) is 0 Å². The van der Waals surface area contributed by atoms with E-state index in [-0.39, 0.29) is 17.9 Å². The van der Waals surface area contributed by atoms with Crippen LogP contribution in [-0.2, 0) is 9.53 Å². The molecule has 4 aromatic rings. The number of alkyl halides is 2. The summed E-state index contributed by atoms with van der Waals surface area (Å²) < 4.78 is 29.7. The molecule has 0 bridgehead atoms. The Labute approximate surface area is 218 Å². The minimum Gasteiger partial charge on any atom is -0.377 e. The molecule has 0 spiro atoms. The number of hydrogen-bond acceptors (Lipinski definition) is 8. The van der Waals surface area contributed by atoms with Crippen molar-refractivity contribution in [2.45, 2.75) is 13.3 Å². The van der Waals surface area contributed by atoms with E-state index in [1.54, 1.807) is 37.8 Å². The molecule has 0 aliphatic rings. The molecule has 0 unspecified atom stereocenters. The van der Waals surface area contributed by atoms with Gasteiger partial charge in [0.2, 0.25) is 0 Å². The summed E-state index contributed by atoms with van der Waals surface area (Å²) in [5, 5.41) is 5.77. The third kappa shape index (κ3) is 7.43. The molecule has 0 aliphatic heterocycles. The van der Waals surface area contributed by atoms with Gasteiger partial charge in [-0.25, -0.2) is 18.7 Å². The summed E-state index contributed by atoms with van der Waals surface area (Å²) in [5.74, 6) is 0.269. The molecule has 0 atom stereocenters. The predicted octanol–water partition coefficient (Wildman–Crippen LogP) is 4.97. The first kappa shape index (κ1) is 27.9. The summed E-state index contributed by atoms with van der Waals surface area (Å²) in [6.07, 6.45) is 4.18. The van der Waals surface area contributed by atoms with Crippen LogP contribution in [0.1, 0.15) is 28.0 Å². The Morgan fingerprint density at radius 1 is 1.05 bits per heavy atom. The Morgan fingerprint density at radius 3 is 2.47 bits per heavy atom. The Kier molecular flexibility index (Phi) is 10.0. The summed E-state index contributed by atoms with van der Waals surface area (Å²) in [7, 11) is 3.27. The molecule has 196 valence electrons. The lowest BCUT2D eigenvalue weighted by atomic mass is 10.0. The molecule has 4 rings (SSSR count). The van der Waals surface area contributed by atoms with E-state index in [9.17, 15) is 18.4 Å². The summed E-state index contributed by atoms with van der Waals surface area (Å²) in [5.41, 5.74) is 4.29. The highest BCUT2D eigenvalue weighted by Gasteiger charge is 2.13. The zero-order chi connectivity index (χ0) is 27.5. The number of aldehydes is 1. The van der Waals surface area contributed by atoms with Crippen LogP contribution in [0.5, 0.6) is 0 Å². The standard InChI is InChI=1S/C24H20F2N6O.C3H6O2/c1-14-3-5-17(31-24(33)16-4-6-19(23(25)26)30-11-16)10-18(14)21-13-28-12-20(32-21)15-7-8-29-22(9-15)27-2;1-5-3-2-4/h3-13,23H,1-2H3,(H,27,29)(H,31,33);2H,3H2,1H3. The van der Waals surface area contributed by atoms with Crippen LogP contribution in [0.4, 0.5) is 20.3 Å². The molecular formula is C27H26F2N6O3. The van der Waals surface area contributed by atoms with E-state index in [4.69, 9.17) is 4.98 Å². The number of aryl methyl sites for hydroxylation is 1. The summed E-state index contributed by atoms with van der Waals surface area (Å²) in [4.78, 5) is 38.8. The monoisotopic (exact) mass is 520 g/mol. The molecule has 0 aliphatic carbocycles. The van der Waals surface area contributed by atoms with Gasteiger partial charge in [0.1, 0.15) is 24.4 Å². The van der Waals surface area contributed by atoms with Crippen LogP contribution < -0.4 is 10.6 Å². The van der Waals surface area contributed by atoms with Crippen LogP contribution in [0.15, 0.2) is 67.3 Å². The van der Waals surface area contributed by atoms with Crippen molar-refractivity contribution in [3.05, 3.63) is 84.1 Å². The Balaban J connectivity index is 0.000000732. The number of benzene rings is 1. The number of anilines is 2. The van der Waals surface area contributed by atoms with Crippen molar-refractivity contribution in [1.82, 2.24) is 19.9 Å². The molecule has 11 heteroatoms. The summed E-state index contributed by atoms with van der Waals surface area (Å²) in [6, 6.07) is 11.6.